The minimum atomic E-state index is -4.78. The van der Waals surface area contributed by atoms with Crippen LogP contribution in [0.4, 0.5) is 24.7 Å². The summed E-state index contributed by atoms with van der Waals surface area (Å²) in [5.74, 6) is 0.432. The monoisotopic (exact) mass is 365 g/mol. The first kappa shape index (κ1) is 18.0. The van der Waals surface area contributed by atoms with Gasteiger partial charge in [-0.05, 0) is 49.6 Å². The topological polar surface area (TPSA) is 77.0 Å². The minimum Gasteiger partial charge on any atom is -0.406 e. The highest BCUT2D eigenvalue weighted by atomic mass is 19.4. The first-order valence-electron chi connectivity index (χ1n) is 8.33. The molecule has 0 bridgehead atoms. The van der Waals surface area contributed by atoms with Crippen LogP contribution in [0.15, 0.2) is 36.5 Å². The number of ether oxygens (including phenoxy) is 1. The quantitative estimate of drug-likeness (QED) is 0.643. The maximum absolute atomic E-state index is 12.5. The number of hydrogen-bond acceptors (Lipinski definition) is 4. The Bertz CT molecular complexity index is 801. The summed E-state index contributed by atoms with van der Waals surface area (Å²) in [7, 11) is 0. The Balaban J connectivity index is 1.88. The van der Waals surface area contributed by atoms with Crippen LogP contribution < -0.4 is 20.8 Å². The van der Waals surface area contributed by atoms with Crippen molar-refractivity contribution in [3.8, 4) is 5.75 Å². The van der Waals surface area contributed by atoms with Crippen molar-refractivity contribution >= 4 is 17.2 Å². The van der Waals surface area contributed by atoms with Gasteiger partial charge in [-0.3, -0.25) is 5.41 Å². The molecular weight excluding hydrogens is 345 g/mol. The van der Waals surface area contributed by atoms with Crippen LogP contribution >= 0.6 is 0 Å². The number of piperidine rings is 1. The van der Waals surface area contributed by atoms with Gasteiger partial charge in [-0.15, -0.1) is 13.2 Å². The number of alkyl halides is 3. The number of rotatable bonds is 4. The van der Waals surface area contributed by atoms with Gasteiger partial charge >= 0.3 is 6.36 Å². The molecule has 1 aromatic heterocycles. The van der Waals surface area contributed by atoms with E-state index in [2.05, 4.69) is 14.6 Å². The maximum Gasteiger partial charge on any atom is 0.573 e. The number of hydrogen-bond donors (Lipinski definition) is 2. The molecule has 3 rings (SSSR count). The van der Waals surface area contributed by atoms with E-state index in [-0.39, 0.29) is 17.1 Å². The molecule has 0 spiro atoms. The highest BCUT2D eigenvalue weighted by Gasteiger charge is 2.31. The first-order chi connectivity index (χ1) is 12.3. The molecular formula is C18H20F3N4O+. The number of benzene rings is 1. The number of nitrogens with zero attached hydrogens (tertiary/aromatic N) is 2. The fraction of sp³-hybridized carbons (Fsp3) is 0.333. The average molecular weight is 365 g/mol. The van der Waals surface area contributed by atoms with Crippen molar-refractivity contribution in [1.29, 1.82) is 0 Å². The predicted molar refractivity (Wildman–Crippen MR) is 93.0 cm³/mol. The number of anilines is 2. The SMILES string of the molecule is Nc1ccc(OC(F)(F)F)cc1C(=[NH2+])c1ccnc(N2CCCCC2)c1. The number of nitrogen functional groups attached to an aromatic ring is 1. The summed E-state index contributed by atoms with van der Waals surface area (Å²) >= 11 is 0. The van der Waals surface area contributed by atoms with E-state index in [9.17, 15) is 13.2 Å². The molecule has 0 aliphatic carbocycles. The number of halogens is 3. The van der Waals surface area contributed by atoms with Gasteiger partial charge in [0.15, 0.2) is 0 Å². The van der Waals surface area contributed by atoms with Crippen LogP contribution in [0.1, 0.15) is 30.4 Å². The fourth-order valence-corrected chi connectivity index (χ4v) is 3.00. The summed E-state index contributed by atoms with van der Waals surface area (Å²) in [6.45, 7) is 1.85. The lowest BCUT2D eigenvalue weighted by Gasteiger charge is -2.27. The molecule has 0 radical (unpaired) electrons. The molecule has 1 fully saturated rings. The van der Waals surface area contributed by atoms with Crippen LogP contribution in [0, 0.1) is 0 Å². The summed E-state index contributed by atoms with van der Waals surface area (Å²) < 4.78 is 41.3. The van der Waals surface area contributed by atoms with Gasteiger partial charge in [0.25, 0.3) is 0 Å². The van der Waals surface area contributed by atoms with Gasteiger partial charge in [0, 0.05) is 25.0 Å². The second-order valence-electron chi connectivity index (χ2n) is 6.16. The van der Waals surface area contributed by atoms with E-state index < -0.39 is 6.36 Å². The molecule has 2 aromatic rings. The fourth-order valence-electron chi connectivity index (χ4n) is 3.00. The second kappa shape index (κ2) is 7.23. The Morgan fingerprint density at radius 3 is 2.54 bits per heavy atom. The Kier molecular flexibility index (Phi) is 5.01. The zero-order valence-corrected chi connectivity index (χ0v) is 14.1. The summed E-state index contributed by atoms with van der Waals surface area (Å²) in [5, 5.41) is 6.20. The predicted octanol–water partition coefficient (Wildman–Crippen LogP) is 2.15. The second-order valence-corrected chi connectivity index (χ2v) is 6.16. The van der Waals surface area contributed by atoms with E-state index in [1.54, 1.807) is 12.3 Å². The van der Waals surface area contributed by atoms with Crippen molar-refractivity contribution in [3.05, 3.63) is 47.7 Å². The molecule has 0 atom stereocenters. The number of pyridine rings is 1. The lowest BCUT2D eigenvalue weighted by atomic mass is 10.0. The normalized spacial score (nSPS) is 15.0. The number of aromatic nitrogens is 1. The molecule has 8 heteroatoms. The highest BCUT2D eigenvalue weighted by Crippen LogP contribution is 2.27. The summed E-state index contributed by atoms with van der Waals surface area (Å²) in [5.41, 5.74) is 7.40. The molecule has 0 unspecified atom stereocenters. The minimum absolute atomic E-state index is 0.272. The van der Waals surface area contributed by atoms with Crippen LogP contribution in [-0.2, 0) is 0 Å². The highest BCUT2D eigenvalue weighted by molar-refractivity contribution is 6.12. The molecule has 138 valence electrons. The van der Waals surface area contributed by atoms with E-state index in [0.717, 1.165) is 37.8 Å². The molecule has 1 aromatic carbocycles. The summed E-state index contributed by atoms with van der Waals surface area (Å²) in [6, 6.07) is 7.23. The Morgan fingerprint density at radius 1 is 1.12 bits per heavy atom. The molecule has 1 saturated heterocycles. The van der Waals surface area contributed by atoms with Gasteiger partial charge < -0.3 is 15.4 Å². The Morgan fingerprint density at radius 2 is 1.85 bits per heavy atom. The van der Waals surface area contributed by atoms with Crippen LogP contribution in [-0.4, -0.2) is 30.1 Å². The van der Waals surface area contributed by atoms with E-state index in [0.29, 0.717) is 11.1 Å². The zero-order chi connectivity index (χ0) is 18.7. The zero-order valence-electron chi connectivity index (χ0n) is 14.1. The van der Waals surface area contributed by atoms with Crippen molar-refractivity contribution in [2.75, 3.05) is 23.7 Å². The van der Waals surface area contributed by atoms with Gasteiger partial charge in [-0.2, -0.15) is 0 Å². The molecule has 26 heavy (non-hydrogen) atoms. The molecule has 1 aliphatic rings. The van der Waals surface area contributed by atoms with E-state index in [4.69, 9.17) is 11.1 Å². The van der Waals surface area contributed by atoms with Crippen LogP contribution in [0.5, 0.6) is 5.75 Å². The van der Waals surface area contributed by atoms with E-state index in [1.165, 1.54) is 18.6 Å². The van der Waals surface area contributed by atoms with E-state index >= 15 is 0 Å². The van der Waals surface area contributed by atoms with Crippen molar-refractivity contribution in [3.63, 3.8) is 0 Å². The van der Waals surface area contributed by atoms with Crippen molar-refractivity contribution < 1.29 is 23.3 Å². The smallest absolute Gasteiger partial charge is 0.406 e. The Labute approximate surface area is 149 Å². The summed E-state index contributed by atoms with van der Waals surface area (Å²) in [4.78, 5) is 6.55. The third kappa shape index (κ3) is 4.25. The van der Waals surface area contributed by atoms with Crippen LogP contribution in [0.3, 0.4) is 0 Å². The average Bonchev–Trinajstić information content (AvgIpc) is 2.62. The Hall–Kier alpha value is -2.77. The van der Waals surface area contributed by atoms with Crippen LogP contribution in [0.2, 0.25) is 0 Å². The van der Waals surface area contributed by atoms with E-state index in [1.807, 2.05) is 6.07 Å². The van der Waals surface area contributed by atoms with Gasteiger partial charge in [0.05, 0.1) is 11.1 Å². The lowest BCUT2D eigenvalue weighted by Crippen LogP contribution is -2.41. The first-order valence-corrected chi connectivity index (χ1v) is 8.33. The van der Waals surface area contributed by atoms with Gasteiger partial charge in [-0.25, -0.2) is 4.98 Å². The molecule has 4 N–H and O–H groups in total. The van der Waals surface area contributed by atoms with Crippen molar-refractivity contribution in [2.24, 2.45) is 0 Å². The van der Waals surface area contributed by atoms with Crippen LogP contribution in [0.25, 0.3) is 0 Å². The molecule has 1 aliphatic heterocycles. The maximum atomic E-state index is 12.5. The van der Waals surface area contributed by atoms with Crippen molar-refractivity contribution in [2.45, 2.75) is 25.6 Å². The summed E-state index contributed by atoms with van der Waals surface area (Å²) in [6.07, 6.45) is 0.273. The molecule has 0 amide bonds. The van der Waals surface area contributed by atoms with Crippen molar-refractivity contribution in [1.82, 2.24) is 4.98 Å². The van der Waals surface area contributed by atoms with Gasteiger partial charge in [0.2, 0.25) is 5.71 Å². The number of nitrogens with two attached hydrogens (primary N) is 2. The molecule has 2 heterocycles. The van der Waals surface area contributed by atoms with Gasteiger partial charge in [-0.1, -0.05) is 0 Å². The third-order valence-electron chi connectivity index (χ3n) is 4.29. The third-order valence-corrected chi connectivity index (χ3v) is 4.29. The lowest BCUT2D eigenvalue weighted by molar-refractivity contribution is -0.274. The standard InChI is InChI=1S/C18H19F3N4O/c19-18(20,21)26-13-4-5-15(22)14(11-13)17(23)12-6-7-24-16(10-12)25-8-2-1-3-9-25/h4-7,10-11,23H,1-3,8-9,22H2/p+1. The largest absolute Gasteiger partial charge is 0.573 e. The molecule has 0 saturated carbocycles. The van der Waals surface area contributed by atoms with Gasteiger partial charge in [0.1, 0.15) is 11.6 Å². The molecule has 5 nitrogen and oxygen atoms in total.